The predicted molar refractivity (Wildman–Crippen MR) is 73.5 cm³/mol. The number of carbonyl (C=O) groups excluding carboxylic acids is 1. The van der Waals surface area contributed by atoms with Crippen molar-refractivity contribution in [2.45, 2.75) is 12.8 Å². The normalized spacial score (nSPS) is 9.72. The minimum atomic E-state index is -0.244. The molecule has 5 heteroatoms. The van der Waals surface area contributed by atoms with E-state index in [0.29, 0.717) is 19.4 Å². The Bertz CT molecular complexity index is 357. The first kappa shape index (κ1) is 16.9. The van der Waals surface area contributed by atoms with Crippen LogP contribution in [0.5, 0.6) is 0 Å². The summed E-state index contributed by atoms with van der Waals surface area (Å²) in [6.45, 7) is 1.50. The van der Waals surface area contributed by atoms with E-state index in [0.717, 1.165) is 12.1 Å². The zero-order valence-electron chi connectivity index (χ0n) is 10.8. The summed E-state index contributed by atoms with van der Waals surface area (Å²) in [5.41, 5.74) is 0.988. The van der Waals surface area contributed by atoms with Crippen molar-refractivity contribution in [2.24, 2.45) is 0 Å². The van der Waals surface area contributed by atoms with Crippen molar-refractivity contribution >= 4 is 18.3 Å². The number of aryl methyl sites for hydroxylation is 1. The van der Waals surface area contributed by atoms with Gasteiger partial charge < -0.3 is 10.2 Å². The van der Waals surface area contributed by atoms with Crippen LogP contribution in [0, 0.1) is 5.82 Å². The smallest absolute Gasteiger partial charge is 0.222 e. The summed E-state index contributed by atoms with van der Waals surface area (Å²) in [6, 6.07) is 6.28. The molecule has 1 N–H and O–H groups in total. The first-order valence-corrected chi connectivity index (χ1v) is 5.76. The average Bonchev–Trinajstić information content (AvgIpc) is 2.34. The molecule has 1 aromatic rings. The summed E-state index contributed by atoms with van der Waals surface area (Å²) >= 11 is 0. The third kappa shape index (κ3) is 5.98. The van der Waals surface area contributed by atoms with Gasteiger partial charge in [0.05, 0.1) is 0 Å². The summed E-state index contributed by atoms with van der Waals surface area (Å²) < 4.78 is 12.7. The van der Waals surface area contributed by atoms with Gasteiger partial charge in [-0.1, -0.05) is 12.1 Å². The second-order valence-electron chi connectivity index (χ2n) is 4.05. The lowest BCUT2D eigenvalue weighted by molar-refractivity contribution is -0.129. The van der Waals surface area contributed by atoms with E-state index in [2.05, 4.69) is 5.32 Å². The van der Waals surface area contributed by atoms with Crippen molar-refractivity contribution in [3.8, 4) is 0 Å². The largest absolute Gasteiger partial charge is 0.344 e. The summed E-state index contributed by atoms with van der Waals surface area (Å²) in [4.78, 5) is 13.4. The van der Waals surface area contributed by atoms with Crippen LogP contribution in [-0.2, 0) is 11.2 Å². The summed E-state index contributed by atoms with van der Waals surface area (Å²) in [5.74, 6) is -0.129. The molecule has 1 rings (SSSR count). The Hall–Kier alpha value is -1.13. The molecule has 1 amide bonds. The molecule has 0 aromatic heterocycles. The second-order valence-corrected chi connectivity index (χ2v) is 4.05. The maximum Gasteiger partial charge on any atom is 0.222 e. The van der Waals surface area contributed by atoms with Gasteiger partial charge in [0, 0.05) is 26.6 Å². The Labute approximate surface area is 114 Å². The molecule has 0 unspecified atom stereocenters. The van der Waals surface area contributed by atoms with Crippen LogP contribution in [0.2, 0.25) is 0 Å². The Balaban J connectivity index is 0.00000289. The molecule has 0 atom stereocenters. The Kier molecular flexibility index (Phi) is 8.33. The van der Waals surface area contributed by atoms with Crippen LogP contribution in [-0.4, -0.2) is 38.0 Å². The third-order valence-electron chi connectivity index (χ3n) is 2.66. The number of hydrogen-bond donors (Lipinski definition) is 1. The molecule has 3 nitrogen and oxygen atoms in total. The first-order valence-electron chi connectivity index (χ1n) is 5.76. The molecule has 0 spiro atoms. The number of rotatable bonds is 6. The summed E-state index contributed by atoms with van der Waals surface area (Å²) in [7, 11) is 3.65. The molecule has 0 saturated heterocycles. The molecule has 0 radical (unpaired) electrons. The van der Waals surface area contributed by atoms with Gasteiger partial charge in [0.1, 0.15) is 5.82 Å². The molecule has 0 aliphatic rings. The monoisotopic (exact) mass is 274 g/mol. The molecular formula is C13H20ClFN2O. The van der Waals surface area contributed by atoms with Gasteiger partial charge in [-0.25, -0.2) is 4.39 Å². The molecule has 102 valence electrons. The molecule has 1 aromatic carbocycles. The highest BCUT2D eigenvalue weighted by atomic mass is 35.5. The van der Waals surface area contributed by atoms with Crippen molar-refractivity contribution in [2.75, 3.05) is 27.2 Å². The summed E-state index contributed by atoms with van der Waals surface area (Å²) in [5, 5.41) is 3.00. The van der Waals surface area contributed by atoms with E-state index in [1.807, 2.05) is 7.05 Å². The Morgan fingerprint density at radius 2 is 1.94 bits per heavy atom. The lowest BCUT2D eigenvalue weighted by atomic mass is 10.1. The zero-order chi connectivity index (χ0) is 12.7. The third-order valence-corrected chi connectivity index (χ3v) is 2.66. The highest BCUT2D eigenvalue weighted by molar-refractivity contribution is 5.85. The van der Waals surface area contributed by atoms with E-state index in [-0.39, 0.29) is 24.1 Å². The van der Waals surface area contributed by atoms with E-state index in [4.69, 9.17) is 0 Å². The van der Waals surface area contributed by atoms with Crippen molar-refractivity contribution in [3.05, 3.63) is 35.6 Å². The standard InChI is InChI=1S/C13H19FN2O.ClH/c1-15-9-10-16(2)13(17)8-5-11-3-6-12(14)7-4-11;/h3-4,6-7,15H,5,8-10H2,1-2H3;1H. The fraction of sp³-hybridized carbons (Fsp3) is 0.462. The van der Waals surface area contributed by atoms with E-state index >= 15 is 0 Å². The highest BCUT2D eigenvalue weighted by Crippen LogP contribution is 2.06. The van der Waals surface area contributed by atoms with Crippen LogP contribution in [0.3, 0.4) is 0 Å². The number of carbonyl (C=O) groups is 1. The maximum absolute atomic E-state index is 12.7. The van der Waals surface area contributed by atoms with Crippen LogP contribution in [0.15, 0.2) is 24.3 Å². The lowest BCUT2D eigenvalue weighted by Gasteiger charge is -2.16. The molecule has 0 aliphatic heterocycles. The topological polar surface area (TPSA) is 32.3 Å². The zero-order valence-corrected chi connectivity index (χ0v) is 11.6. The average molecular weight is 275 g/mol. The van der Waals surface area contributed by atoms with E-state index < -0.39 is 0 Å². The van der Waals surface area contributed by atoms with Gasteiger partial charge in [-0.2, -0.15) is 0 Å². The van der Waals surface area contributed by atoms with Gasteiger partial charge in [0.15, 0.2) is 0 Å². The van der Waals surface area contributed by atoms with Crippen molar-refractivity contribution < 1.29 is 9.18 Å². The SMILES string of the molecule is CNCCN(C)C(=O)CCc1ccc(F)cc1.Cl. The highest BCUT2D eigenvalue weighted by Gasteiger charge is 2.07. The fourth-order valence-electron chi connectivity index (χ4n) is 1.50. The fourth-order valence-corrected chi connectivity index (χ4v) is 1.50. The first-order chi connectivity index (χ1) is 8.13. The quantitative estimate of drug-likeness (QED) is 0.859. The van der Waals surface area contributed by atoms with Gasteiger partial charge in [0.25, 0.3) is 0 Å². The maximum atomic E-state index is 12.7. The van der Waals surface area contributed by atoms with Crippen molar-refractivity contribution in [1.82, 2.24) is 10.2 Å². The van der Waals surface area contributed by atoms with Crippen molar-refractivity contribution in [3.63, 3.8) is 0 Å². The van der Waals surface area contributed by atoms with Crippen LogP contribution in [0.1, 0.15) is 12.0 Å². The number of benzene rings is 1. The van der Waals surface area contributed by atoms with E-state index in [1.54, 1.807) is 24.1 Å². The van der Waals surface area contributed by atoms with Gasteiger partial charge in [0.2, 0.25) is 5.91 Å². The number of halogens is 2. The van der Waals surface area contributed by atoms with Gasteiger partial charge in [-0.15, -0.1) is 12.4 Å². The Morgan fingerprint density at radius 3 is 2.50 bits per heavy atom. The lowest BCUT2D eigenvalue weighted by Crippen LogP contribution is -2.32. The van der Waals surface area contributed by atoms with Gasteiger partial charge >= 0.3 is 0 Å². The molecule has 0 saturated carbocycles. The number of nitrogens with one attached hydrogen (secondary N) is 1. The minimum absolute atomic E-state index is 0. The number of amides is 1. The number of nitrogens with zero attached hydrogens (tertiary/aromatic N) is 1. The van der Waals surface area contributed by atoms with Gasteiger partial charge in [-0.05, 0) is 31.2 Å². The predicted octanol–water partition coefficient (Wildman–Crippen LogP) is 1.86. The van der Waals surface area contributed by atoms with E-state index in [9.17, 15) is 9.18 Å². The minimum Gasteiger partial charge on any atom is -0.344 e. The molecular weight excluding hydrogens is 255 g/mol. The Morgan fingerprint density at radius 1 is 1.33 bits per heavy atom. The number of hydrogen-bond acceptors (Lipinski definition) is 2. The van der Waals surface area contributed by atoms with Crippen LogP contribution >= 0.6 is 12.4 Å². The molecule has 18 heavy (non-hydrogen) atoms. The molecule has 0 bridgehead atoms. The van der Waals surface area contributed by atoms with Crippen LogP contribution in [0.4, 0.5) is 4.39 Å². The summed E-state index contributed by atoms with van der Waals surface area (Å²) in [6.07, 6.45) is 1.12. The van der Waals surface area contributed by atoms with Crippen molar-refractivity contribution in [1.29, 1.82) is 0 Å². The van der Waals surface area contributed by atoms with E-state index in [1.165, 1.54) is 12.1 Å². The van der Waals surface area contributed by atoms with Crippen LogP contribution < -0.4 is 5.32 Å². The molecule has 0 heterocycles. The molecule has 0 aliphatic carbocycles. The number of likely N-dealkylation sites (N-methyl/N-ethyl adjacent to an activating group) is 2. The second kappa shape index (κ2) is 8.89. The van der Waals surface area contributed by atoms with Crippen LogP contribution in [0.25, 0.3) is 0 Å². The molecule has 0 fully saturated rings. The van der Waals surface area contributed by atoms with Gasteiger partial charge in [-0.3, -0.25) is 4.79 Å².